The lowest BCUT2D eigenvalue weighted by Crippen LogP contribution is -2.37. The van der Waals surface area contributed by atoms with Crippen LogP contribution in [-0.2, 0) is 16.0 Å². The van der Waals surface area contributed by atoms with Gasteiger partial charge in [0, 0.05) is 18.7 Å². The molecule has 0 spiro atoms. The van der Waals surface area contributed by atoms with E-state index in [2.05, 4.69) is 10.6 Å². The Labute approximate surface area is 112 Å². The summed E-state index contributed by atoms with van der Waals surface area (Å²) < 4.78 is 0. The normalized spacial score (nSPS) is 18.2. The summed E-state index contributed by atoms with van der Waals surface area (Å²) in [4.78, 5) is 23.0. The van der Waals surface area contributed by atoms with Gasteiger partial charge < -0.3 is 15.7 Å². The zero-order chi connectivity index (χ0) is 13.7. The van der Waals surface area contributed by atoms with E-state index in [9.17, 15) is 9.59 Å². The van der Waals surface area contributed by atoms with E-state index in [4.69, 9.17) is 5.11 Å². The SMILES string of the molecule is O=C1CCC(C(=O)Nc2cccc(CCCO)c2)N1. The Balaban J connectivity index is 1.94. The number of amides is 2. The molecule has 0 saturated carbocycles. The lowest BCUT2D eigenvalue weighted by molar-refractivity contribution is -0.122. The molecule has 1 atom stereocenters. The van der Waals surface area contributed by atoms with Crippen LogP contribution in [0, 0.1) is 0 Å². The number of aryl methyl sites for hydroxylation is 1. The van der Waals surface area contributed by atoms with Crippen molar-refractivity contribution in [2.24, 2.45) is 0 Å². The highest BCUT2D eigenvalue weighted by atomic mass is 16.3. The van der Waals surface area contributed by atoms with Gasteiger partial charge in [0.15, 0.2) is 0 Å². The maximum atomic E-state index is 11.9. The fourth-order valence-electron chi connectivity index (χ4n) is 2.13. The second-order valence-corrected chi connectivity index (χ2v) is 4.68. The van der Waals surface area contributed by atoms with E-state index in [0.29, 0.717) is 19.3 Å². The van der Waals surface area contributed by atoms with Gasteiger partial charge in [-0.05, 0) is 37.0 Å². The Bertz CT molecular complexity index is 474. The van der Waals surface area contributed by atoms with Crippen molar-refractivity contribution in [2.45, 2.75) is 31.7 Å². The molecule has 0 radical (unpaired) electrons. The average Bonchev–Trinajstić information content (AvgIpc) is 2.83. The third-order valence-corrected chi connectivity index (χ3v) is 3.13. The van der Waals surface area contributed by atoms with E-state index in [1.54, 1.807) is 0 Å². The molecule has 3 N–H and O–H groups in total. The van der Waals surface area contributed by atoms with Crippen LogP contribution >= 0.6 is 0 Å². The molecule has 19 heavy (non-hydrogen) atoms. The Kier molecular flexibility index (Phi) is 4.52. The molecule has 1 saturated heterocycles. The minimum Gasteiger partial charge on any atom is -0.396 e. The van der Waals surface area contributed by atoms with Crippen LogP contribution < -0.4 is 10.6 Å². The quantitative estimate of drug-likeness (QED) is 0.735. The predicted molar refractivity (Wildman–Crippen MR) is 71.6 cm³/mol. The van der Waals surface area contributed by atoms with Crippen molar-refractivity contribution < 1.29 is 14.7 Å². The second kappa shape index (κ2) is 6.33. The maximum Gasteiger partial charge on any atom is 0.246 e. The first-order chi connectivity index (χ1) is 9.19. The summed E-state index contributed by atoms with van der Waals surface area (Å²) in [6.07, 6.45) is 2.44. The predicted octanol–water partition coefficient (Wildman–Crippen LogP) is 0.829. The molecular formula is C14H18N2O3. The molecule has 1 aliphatic rings. The van der Waals surface area contributed by atoms with E-state index in [0.717, 1.165) is 17.7 Å². The van der Waals surface area contributed by atoms with Gasteiger partial charge in [-0.1, -0.05) is 12.1 Å². The Morgan fingerprint density at radius 3 is 3.00 bits per heavy atom. The number of rotatable bonds is 5. The fraction of sp³-hybridized carbons (Fsp3) is 0.429. The molecule has 1 aromatic carbocycles. The van der Waals surface area contributed by atoms with Crippen LogP contribution in [0.3, 0.4) is 0 Å². The maximum absolute atomic E-state index is 11.9. The lowest BCUT2D eigenvalue weighted by atomic mass is 10.1. The molecule has 102 valence electrons. The third kappa shape index (κ3) is 3.79. The van der Waals surface area contributed by atoms with Crippen LogP contribution in [0.4, 0.5) is 5.69 Å². The van der Waals surface area contributed by atoms with Gasteiger partial charge in [0.2, 0.25) is 11.8 Å². The molecule has 0 aliphatic carbocycles. The number of hydrogen-bond acceptors (Lipinski definition) is 3. The molecule has 1 aliphatic heterocycles. The van der Waals surface area contributed by atoms with Crippen molar-refractivity contribution in [1.82, 2.24) is 5.32 Å². The van der Waals surface area contributed by atoms with Gasteiger partial charge in [-0.2, -0.15) is 0 Å². The van der Waals surface area contributed by atoms with E-state index in [1.165, 1.54) is 0 Å². The van der Waals surface area contributed by atoms with Crippen LogP contribution in [0.2, 0.25) is 0 Å². The van der Waals surface area contributed by atoms with Crippen molar-refractivity contribution >= 4 is 17.5 Å². The number of aliphatic hydroxyl groups excluding tert-OH is 1. The van der Waals surface area contributed by atoms with Crippen LogP contribution in [0.15, 0.2) is 24.3 Å². The first-order valence-corrected chi connectivity index (χ1v) is 6.49. The van der Waals surface area contributed by atoms with Crippen LogP contribution in [0.5, 0.6) is 0 Å². The smallest absolute Gasteiger partial charge is 0.246 e. The molecule has 1 heterocycles. The number of aliphatic hydroxyl groups is 1. The van der Waals surface area contributed by atoms with Gasteiger partial charge >= 0.3 is 0 Å². The molecule has 0 bridgehead atoms. The van der Waals surface area contributed by atoms with Gasteiger partial charge in [0.05, 0.1) is 0 Å². The summed E-state index contributed by atoms with van der Waals surface area (Å²) in [6.45, 7) is 0.157. The number of hydrogen-bond donors (Lipinski definition) is 3. The molecule has 2 amide bonds. The number of benzene rings is 1. The van der Waals surface area contributed by atoms with Crippen molar-refractivity contribution in [3.8, 4) is 0 Å². The van der Waals surface area contributed by atoms with Gasteiger partial charge in [-0.25, -0.2) is 0 Å². The Hall–Kier alpha value is -1.88. The first-order valence-electron chi connectivity index (χ1n) is 6.49. The monoisotopic (exact) mass is 262 g/mol. The van der Waals surface area contributed by atoms with Gasteiger partial charge in [-0.15, -0.1) is 0 Å². The van der Waals surface area contributed by atoms with Crippen molar-refractivity contribution in [3.63, 3.8) is 0 Å². The van der Waals surface area contributed by atoms with E-state index < -0.39 is 6.04 Å². The first kappa shape index (κ1) is 13.5. The van der Waals surface area contributed by atoms with E-state index >= 15 is 0 Å². The van der Waals surface area contributed by atoms with Gasteiger partial charge in [-0.3, -0.25) is 9.59 Å². The highest BCUT2D eigenvalue weighted by Gasteiger charge is 2.26. The minimum atomic E-state index is -0.423. The second-order valence-electron chi connectivity index (χ2n) is 4.68. The summed E-state index contributed by atoms with van der Waals surface area (Å²) in [7, 11) is 0. The molecule has 1 unspecified atom stereocenters. The molecule has 2 rings (SSSR count). The van der Waals surface area contributed by atoms with Crippen molar-refractivity contribution in [1.29, 1.82) is 0 Å². The molecule has 5 heteroatoms. The van der Waals surface area contributed by atoms with Gasteiger partial charge in [0.1, 0.15) is 6.04 Å². The summed E-state index contributed by atoms with van der Waals surface area (Å²) in [5.41, 5.74) is 1.80. The summed E-state index contributed by atoms with van der Waals surface area (Å²) in [5.74, 6) is -0.248. The molecule has 1 aromatic rings. The molecule has 5 nitrogen and oxygen atoms in total. The van der Waals surface area contributed by atoms with Crippen LogP contribution in [0.1, 0.15) is 24.8 Å². The Morgan fingerprint density at radius 1 is 1.47 bits per heavy atom. The molecule has 1 fully saturated rings. The fourth-order valence-corrected chi connectivity index (χ4v) is 2.13. The lowest BCUT2D eigenvalue weighted by Gasteiger charge is -2.11. The standard InChI is InChI=1S/C14H18N2O3/c17-8-2-4-10-3-1-5-11(9-10)15-14(19)12-6-7-13(18)16-12/h1,3,5,9,12,17H,2,4,6-8H2,(H,15,19)(H,16,18). The molecular weight excluding hydrogens is 244 g/mol. The third-order valence-electron chi connectivity index (χ3n) is 3.13. The molecule has 0 aromatic heterocycles. The van der Waals surface area contributed by atoms with Crippen LogP contribution in [-0.4, -0.2) is 29.6 Å². The topological polar surface area (TPSA) is 78.4 Å². The minimum absolute atomic E-state index is 0.0724. The summed E-state index contributed by atoms with van der Waals surface area (Å²) in [6, 6.07) is 7.12. The van der Waals surface area contributed by atoms with Crippen molar-refractivity contribution in [3.05, 3.63) is 29.8 Å². The van der Waals surface area contributed by atoms with Crippen molar-refractivity contribution in [2.75, 3.05) is 11.9 Å². The number of carbonyl (C=O) groups excluding carboxylic acids is 2. The average molecular weight is 262 g/mol. The highest BCUT2D eigenvalue weighted by Crippen LogP contribution is 2.14. The van der Waals surface area contributed by atoms with Crippen LogP contribution in [0.25, 0.3) is 0 Å². The van der Waals surface area contributed by atoms with Gasteiger partial charge in [0.25, 0.3) is 0 Å². The number of nitrogens with one attached hydrogen (secondary N) is 2. The largest absolute Gasteiger partial charge is 0.396 e. The number of anilines is 1. The highest BCUT2D eigenvalue weighted by molar-refractivity contribution is 5.98. The summed E-state index contributed by atoms with van der Waals surface area (Å²) >= 11 is 0. The van der Waals surface area contributed by atoms with E-state index in [-0.39, 0.29) is 18.4 Å². The van der Waals surface area contributed by atoms with E-state index in [1.807, 2.05) is 24.3 Å². The zero-order valence-corrected chi connectivity index (χ0v) is 10.7. The number of carbonyl (C=O) groups is 2. The summed E-state index contributed by atoms with van der Waals surface area (Å²) in [5, 5.41) is 14.2. The Morgan fingerprint density at radius 2 is 2.32 bits per heavy atom. The zero-order valence-electron chi connectivity index (χ0n) is 10.7.